The van der Waals surface area contributed by atoms with Gasteiger partial charge in [0, 0.05) is 18.6 Å². The van der Waals surface area contributed by atoms with Crippen LogP contribution in [0.3, 0.4) is 0 Å². The first-order valence-electron chi connectivity index (χ1n) is 6.76. The number of nitrogens with two attached hydrogens (primary N) is 1. The van der Waals surface area contributed by atoms with Crippen molar-refractivity contribution < 1.29 is 0 Å². The van der Waals surface area contributed by atoms with Crippen molar-refractivity contribution in [3.63, 3.8) is 0 Å². The van der Waals surface area contributed by atoms with Gasteiger partial charge in [-0.05, 0) is 35.8 Å². The summed E-state index contributed by atoms with van der Waals surface area (Å²) in [5.41, 5.74) is 9.48. The second kappa shape index (κ2) is 4.11. The summed E-state index contributed by atoms with van der Waals surface area (Å²) in [6, 6.07) is 9.30. The minimum atomic E-state index is 0.220. The van der Waals surface area contributed by atoms with Gasteiger partial charge in [-0.1, -0.05) is 37.6 Å². The maximum Gasteiger partial charge on any atom is 0.0341 e. The van der Waals surface area contributed by atoms with Crippen molar-refractivity contribution in [3.8, 4) is 0 Å². The minimum Gasteiger partial charge on any atom is -0.324 e. The number of hydrogen-bond acceptors (Lipinski definition) is 2. The molecule has 0 saturated heterocycles. The van der Waals surface area contributed by atoms with Gasteiger partial charge in [-0.2, -0.15) is 0 Å². The van der Waals surface area contributed by atoms with Crippen LogP contribution >= 0.6 is 0 Å². The molecule has 1 aromatic carbocycles. The lowest BCUT2D eigenvalue weighted by atomic mass is 9.70. The molecule has 2 unspecified atom stereocenters. The highest BCUT2D eigenvalue weighted by molar-refractivity contribution is 5.37. The second-order valence-corrected chi connectivity index (χ2v) is 6.07. The van der Waals surface area contributed by atoms with E-state index < -0.39 is 0 Å². The van der Waals surface area contributed by atoms with Crippen LogP contribution in [0.5, 0.6) is 0 Å². The molecule has 0 aliphatic heterocycles. The van der Waals surface area contributed by atoms with Crippen molar-refractivity contribution in [1.29, 1.82) is 0 Å². The summed E-state index contributed by atoms with van der Waals surface area (Å²) in [5.74, 6) is 0. The zero-order valence-corrected chi connectivity index (χ0v) is 10.6. The Kier molecular flexibility index (Phi) is 2.72. The Morgan fingerprint density at radius 1 is 1.29 bits per heavy atom. The molecule has 92 valence electrons. The van der Waals surface area contributed by atoms with Crippen molar-refractivity contribution >= 4 is 0 Å². The molecule has 17 heavy (non-hydrogen) atoms. The lowest BCUT2D eigenvalue weighted by Crippen LogP contribution is -2.38. The Labute approximate surface area is 104 Å². The standard InChI is InChI=1S/C15H22N2/c1-15(7-4-8-15)10-17-14-9-13(16)11-5-2-3-6-12(11)14/h2-3,5-6,13-14,17H,4,7-10,16H2,1H3. The van der Waals surface area contributed by atoms with Crippen LogP contribution in [-0.4, -0.2) is 6.54 Å². The summed E-state index contributed by atoms with van der Waals surface area (Å²) in [7, 11) is 0. The molecule has 0 aromatic heterocycles. The van der Waals surface area contributed by atoms with Crippen molar-refractivity contribution in [2.75, 3.05) is 6.54 Å². The van der Waals surface area contributed by atoms with Crippen LogP contribution < -0.4 is 11.1 Å². The highest BCUT2D eigenvalue weighted by Gasteiger charge is 2.34. The van der Waals surface area contributed by atoms with Crippen LogP contribution in [0.15, 0.2) is 24.3 Å². The smallest absolute Gasteiger partial charge is 0.0341 e. The van der Waals surface area contributed by atoms with Gasteiger partial charge in [0.1, 0.15) is 0 Å². The van der Waals surface area contributed by atoms with Crippen LogP contribution in [0.2, 0.25) is 0 Å². The molecule has 2 atom stereocenters. The molecule has 3 N–H and O–H groups in total. The third kappa shape index (κ3) is 2.00. The lowest BCUT2D eigenvalue weighted by molar-refractivity contribution is 0.150. The SMILES string of the molecule is CC1(CNC2CC(N)c3ccccc32)CCC1. The Bertz CT molecular complexity index is 409. The molecule has 0 radical (unpaired) electrons. The molecular formula is C15H22N2. The summed E-state index contributed by atoms with van der Waals surface area (Å²) < 4.78 is 0. The highest BCUT2D eigenvalue weighted by Crippen LogP contribution is 2.42. The molecule has 1 saturated carbocycles. The molecular weight excluding hydrogens is 208 g/mol. The van der Waals surface area contributed by atoms with Gasteiger partial charge in [-0.3, -0.25) is 0 Å². The minimum absolute atomic E-state index is 0.220. The van der Waals surface area contributed by atoms with E-state index in [-0.39, 0.29) is 6.04 Å². The molecule has 2 aliphatic rings. The van der Waals surface area contributed by atoms with Gasteiger partial charge < -0.3 is 11.1 Å². The molecule has 3 rings (SSSR count). The fourth-order valence-corrected chi connectivity index (χ4v) is 3.19. The topological polar surface area (TPSA) is 38.0 Å². The predicted octanol–water partition coefficient (Wildman–Crippen LogP) is 2.91. The highest BCUT2D eigenvalue weighted by atomic mass is 14.9. The van der Waals surface area contributed by atoms with Crippen molar-refractivity contribution in [2.45, 2.75) is 44.7 Å². The Morgan fingerprint density at radius 2 is 2.00 bits per heavy atom. The molecule has 1 fully saturated rings. The average molecular weight is 230 g/mol. The third-order valence-electron chi connectivity index (χ3n) is 4.60. The summed E-state index contributed by atoms with van der Waals surface area (Å²) in [6.45, 7) is 3.53. The first kappa shape index (κ1) is 11.2. The monoisotopic (exact) mass is 230 g/mol. The van der Waals surface area contributed by atoms with Crippen LogP contribution in [0.1, 0.15) is 55.8 Å². The number of benzene rings is 1. The fraction of sp³-hybridized carbons (Fsp3) is 0.600. The maximum atomic E-state index is 6.18. The van der Waals surface area contributed by atoms with Gasteiger partial charge in [-0.15, -0.1) is 0 Å². The number of hydrogen-bond donors (Lipinski definition) is 2. The van der Waals surface area contributed by atoms with Crippen molar-refractivity contribution in [2.24, 2.45) is 11.1 Å². The summed E-state index contributed by atoms with van der Waals surface area (Å²) in [5, 5.41) is 3.73. The van der Waals surface area contributed by atoms with E-state index in [1.54, 1.807) is 0 Å². The number of nitrogens with one attached hydrogen (secondary N) is 1. The molecule has 0 heterocycles. The van der Waals surface area contributed by atoms with E-state index in [1.807, 2.05) is 0 Å². The first-order chi connectivity index (χ1) is 8.18. The van der Waals surface area contributed by atoms with Gasteiger partial charge in [0.05, 0.1) is 0 Å². The lowest BCUT2D eigenvalue weighted by Gasteiger charge is -2.39. The first-order valence-corrected chi connectivity index (χ1v) is 6.76. The van der Waals surface area contributed by atoms with Crippen molar-refractivity contribution in [3.05, 3.63) is 35.4 Å². The number of rotatable bonds is 3. The second-order valence-electron chi connectivity index (χ2n) is 6.07. The quantitative estimate of drug-likeness (QED) is 0.838. The Morgan fingerprint density at radius 3 is 2.65 bits per heavy atom. The Hall–Kier alpha value is -0.860. The molecule has 0 spiro atoms. The van der Waals surface area contributed by atoms with E-state index in [9.17, 15) is 0 Å². The maximum absolute atomic E-state index is 6.18. The van der Waals surface area contributed by atoms with E-state index in [1.165, 1.54) is 30.4 Å². The van der Waals surface area contributed by atoms with Crippen LogP contribution in [0.4, 0.5) is 0 Å². The molecule has 1 aromatic rings. The van der Waals surface area contributed by atoms with Gasteiger partial charge in [-0.25, -0.2) is 0 Å². The molecule has 0 bridgehead atoms. The Balaban J connectivity index is 1.69. The molecule has 2 nitrogen and oxygen atoms in total. The molecule has 0 amide bonds. The van der Waals surface area contributed by atoms with E-state index in [4.69, 9.17) is 5.73 Å². The van der Waals surface area contributed by atoms with E-state index >= 15 is 0 Å². The third-order valence-corrected chi connectivity index (χ3v) is 4.60. The summed E-state index contributed by atoms with van der Waals surface area (Å²) >= 11 is 0. The van der Waals surface area contributed by atoms with Gasteiger partial charge in [0.25, 0.3) is 0 Å². The van der Waals surface area contributed by atoms with E-state index in [0.717, 1.165) is 13.0 Å². The molecule has 2 aliphatic carbocycles. The predicted molar refractivity (Wildman–Crippen MR) is 70.7 cm³/mol. The summed E-state index contributed by atoms with van der Waals surface area (Å²) in [6.07, 6.45) is 5.20. The van der Waals surface area contributed by atoms with Crippen LogP contribution in [0, 0.1) is 5.41 Å². The van der Waals surface area contributed by atoms with Crippen LogP contribution in [0.25, 0.3) is 0 Å². The summed E-state index contributed by atoms with van der Waals surface area (Å²) in [4.78, 5) is 0. The fourth-order valence-electron chi connectivity index (χ4n) is 3.19. The van der Waals surface area contributed by atoms with E-state index in [0.29, 0.717) is 11.5 Å². The zero-order chi connectivity index (χ0) is 11.9. The zero-order valence-electron chi connectivity index (χ0n) is 10.6. The van der Waals surface area contributed by atoms with Gasteiger partial charge >= 0.3 is 0 Å². The van der Waals surface area contributed by atoms with Gasteiger partial charge in [0.2, 0.25) is 0 Å². The largest absolute Gasteiger partial charge is 0.324 e. The van der Waals surface area contributed by atoms with Crippen LogP contribution in [-0.2, 0) is 0 Å². The average Bonchev–Trinajstić information content (AvgIpc) is 2.62. The van der Waals surface area contributed by atoms with Gasteiger partial charge in [0.15, 0.2) is 0 Å². The normalized spacial score (nSPS) is 29.8. The number of fused-ring (bicyclic) bond motifs is 1. The van der Waals surface area contributed by atoms with Crippen molar-refractivity contribution in [1.82, 2.24) is 5.32 Å². The van der Waals surface area contributed by atoms with E-state index in [2.05, 4.69) is 36.5 Å². The molecule has 2 heteroatoms.